The lowest BCUT2D eigenvalue weighted by Crippen LogP contribution is -2.47. The molecule has 0 aromatic rings. The minimum Gasteiger partial charge on any atom is -0.480 e. The topological polar surface area (TPSA) is 57.6 Å². The molecule has 2 saturated carbocycles. The van der Waals surface area contributed by atoms with Crippen LogP contribution in [0.1, 0.15) is 25.7 Å². The molecule has 0 spiro atoms. The van der Waals surface area contributed by atoms with Crippen molar-refractivity contribution in [3.63, 3.8) is 0 Å². The predicted octanol–water partition coefficient (Wildman–Crippen LogP) is 1.16. The SMILES string of the molecule is O=C(O)C1CSC(C2CC2)N1C(=O)C1CC1. The number of rotatable bonds is 3. The maximum Gasteiger partial charge on any atom is 0.327 e. The average molecular weight is 241 g/mol. The van der Waals surface area contributed by atoms with E-state index < -0.39 is 12.0 Å². The van der Waals surface area contributed by atoms with Crippen molar-refractivity contribution in [1.82, 2.24) is 4.90 Å². The van der Waals surface area contributed by atoms with Crippen molar-refractivity contribution in [2.24, 2.45) is 11.8 Å². The van der Waals surface area contributed by atoms with Gasteiger partial charge in [0.1, 0.15) is 6.04 Å². The minimum atomic E-state index is -0.843. The Balaban J connectivity index is 1.80. The predicted molar refractivity (Wildman–Crippen MR) is 60.0 cm³/mol. The molecule has 16 heavy (non-hydrogen) atoms. The highest BCUT2D eigenvalue weighted by atomic mass is 32.2. The van der Waals surface area contributed by atoms with E-state index in [9.17, 15) is 9.59 Å². The Bertz CT molecular complexity index is 338. The van der Waals surface area contributed by atoms with Crippen LogP contribution in [0.4, 0.5) is 0 Å². The summed E-state index contributed by atoms with van der Waals surface area (Å²) in [6, 6.07) is -0.580. The summed E-state index contributed by atoms with van der Waals surface area (Å²) in [4.78, 5) is 24.9. The van der Waals surface area contributed by atoms with Gasteiger partial charge in [0.05, 0.1) is 5.37 Å². The molecule has 3 rings (SSSR count). The number of hydrogen-bond acceptors (Lipinski definition) is 3. The second kappa shape index (κ2) is 3.65. The van der Waals surface area contributed by atoms with Crippen LogP contribution in [0.25, 0.3) is 0 Å². The van der Waals surface area contributed by atoms with Crippen LogP contribution in [0.3, 0.4) is 0 Å². The molecule has 2 unspecified atom stereocenters. The Morgan fingerprint density at radius 3 is 2.38 bits per heavy atom. The number of carboxylic acid groups (broad SMARTS) is 1. The van der Waals surface area contributed by atoms with E-state index in [1.165, 1.54) is 0 Å². The number of amides is 1. The molecule has 1 saturated heterocycles. The number of carbonyl (C=O) groups is 2. The first-order valence-electron chi connectivity index (χ1n) is 5.85. The van der Waals surface area contributed by atoms with Crippen LogP contribution in [0, 0.1) is 11.8 Å². The lowest BCUT2D eigenvalue weighted by Gasteiger charge is -2.27. The fourth-order valence-corrected chi connectivity index (χ4v) is 3.92. The molecule has 2 aliphatic carbocycles. The Morgan fingerprint density at radius 1 is 1.19 bits per heavy atom. The third-order valence-corrected chi connectivity index (χ3v) is 4.99. The fraction of sp³-hybridized carbons (Fsp3) is 0.818. The van der Waals surface area contributed by atoms with Crippen molar-refractivity contribution >= 4 is 23.6 Å². The molecular weight excluding hydrogens is 226 g/mol. The summed E-state index contributed by atoms with van der Waals surface area (Å²) in [7, 11) is 0. The van der Waals surface area contributed by atoms with Crippen molar-refractivity contribution < 1.29 is 14.7 Å². The summed E-state index contributed by atoms with van der Waals surface area (Å²) in [5.74, 6) is 0.493. The number of aliphatic carboxylic acids is 1. The largest absolute Gasteiger partial charge is 0.480 e. The lowest BCUT2D eigenvalue weighted by atomic mass is 10.2. The highest BCUT2D eigenvalue weighted by Crippen LogP contribution is 2.47. The van der Waals surface area contributed by atoms with Crippen LogP contribution in [0.2, 0.25) is 0 Å². The molecule has 88 valence electrons. The van der Waals surface area contributed by atoms with Crippen LogP contribution in [0.5, 0.6) is 0 Å². The summed E-state index contributed by atoms with van der Waals surface area (Å²) in [5, 5.41) is 9.29. The van der Waals surface area contributed by atoms with Gasteiger partial charge in [-0.25, -0.2) is 4.79 Å². The van der Waals surface area contributed by atoms with Gasteiger partial charge in [-0.2, -0.15) is 0 Å². The summed E-state index contributed by atoms with van der Waals surface area (Å²) >= 11 is 1.66. The number of nitrogens with zero attached hydrogens (tertiary/aromatic N) is 1. The average Bonchev–Trinajstić information content (AvgIpc) is 3.12. The zero-order valence-electron chi connectivity index (χ0n) is 8.96. The van der Waals surface area contributed by atoms with E-state index in [0.29, 0.717) is 11.7 Å². The number of thioether (sulfide) groups is 1. The standard InChI is InChI=1S/C11H15NO3S/c13-9(6-1-2-6)12-8(11(14)15)5-16-10(12)7-3-4-7/h6-8,10H,1-5H2,(H,14,15). The zero-order valence-corrected chi connectivity index (χ0v) is 9.78. The van der Waals surface area contributed by atoms with Gasteiger partial charge in [0, 0.05) is 11.7 Å². The third-order valence-electron chi connectivity index (χ3n) is 3.53. The number of hydrogen-bond donors (Lipinski definition) is 1. The molecule has 0 radical (unpaired) electrons. The molecule has 4 nitrogen and oxygen atoms in total. The molecule has 5 heteroatoms. The monoisotopic (exact) mass is 241 g/mol. The molecule has 0 aromatic heterocycles. The number of carbonyl (C=O) groups excluding carboxylic acids is 1. The Kier molecular flexibility index (Phi) is 2.38. The van der Waals surface area contributed by atoms with Gasteiger partial charge in [-0.15, -0.1) is 11.8 Å². The molecule has 1 heterocycles. The second-order valence-electron chi connectivity index (χ2n) is 4.94. The molecular formula is C11H15NO3S. The molecule has 1 amide bonds. The van der Waals surface area contributed by atoms with E-state index >= 15 is 0 Å². The first-order chi connectivity index (χ1) is 7.68. The van der Waals surface area contributed by atoms with E-state index in [4.69, 9.17) is 5.11 Å². The summed E-state index contributed by atoms with van der Waals surface area (Å²) in [6.07, 6.45) is 4.20. The van der Waals surface area contributed by atoms with Gasteiger partial charge in [0.25, 0.3) is 0 Å². The van der Waals surface area contributed by atoms with E-state index in [1.54, 1.807) is 16.7 Å². The maximum atomic E-state index is 12.1. The van der Waals surface area contributed by atoms with Crippen molar-refractivity contribution in [2.75, 3.05) is 5.75 Å². The first kappa shape index (κ1) is 10.4. The van der Waals surface area contributed by atoms with Crippen LogP contribution in [-0.4, -0.2) is 39.1 Å². The van der Waals surface area contributed by atoms with Gasteiger partial charge in [0.2, 0.25) is 5.91 Å². The van der Waals surface area contributed by atoms with E-state index in [1.807, 2.05) is 0 Å². The van der Waals surface area contributed by atoms with Crippen LogP contribution < -0.4 is 0 Å². The van der Waals surface area contributed by atoms with E-state index in [0.717, 1.165) is 25.7 Å². The molecule has 3 aliphatic rings. The fourth-order valence-electron chi connectivity index (χ4n) is 2.28. The minimum absolute atomic E-state index is 0.0919. The number of carboxylic acids is 1. The van der Waals surface area contributed by atoms with E-state index in [2.05, 4.69) is 0 Å². The maximum absolute atomic E-state index is 12.1. The first-order valence-corrected chi connectivity index (χ1v) is 6.90. The quantitative estimate of drug-likeness (QED) is 0.805. The summed E-state index contributed by atoms with van der Waals surface area (Å²) < 4.78 is 0. The molecule has 0 aromatic carbocycles. The smallest absolute Gasteiger partial charge is 0.327 e. The molecule has 1 aliphatic heterocycles. The highest BCUT2D eigenvalue weighted by Gasteiger charge is 2.50. The van der Waals surface area contributed by atoms with Gasteiger partial charge in [-0.1, -0.05) is 0 Å². The van der Waals surface area contributed by atoms with E-state index in [-0.39, 0.29) is 17.2 Å². The Morgan fingerprint density at radius 2 is 1.88 bits per heavy atom. The van der Waals surface area contributed by atoms with Crippen molar-refractivity contribution in [3.05, 3.63) is 0 Å². The van der Waals surface area contributed by atoms with Gasteiger partial charge >= 0.3 is 5.97 Å². The van der Waals surface area contributed by atoms with Crippen molar-refractivity contribution in [1.29, 1.82) is 0 Å². The van der Waals surface area contributed by atoms with Crippen molar-refractivity contribution in [3.8, 4) is 0 Å². The van der Waals surface area contributed by atoms with Crippen LogP contribution in [0.15, 0.2) is 0 Å². The lowest BCUT2D eigenvalue weighted by molar-refractivity contribution is -0.149. The van der Waals surface area contributed by atoms with Crippen molar-refractivity contribution in [2.45, 2.75) is 37.1 Å². The molecule has 2 atom stereocenters. The zero-order chi connectivity index (χ0) is 11.3. The van der Waals surface area contributed by atoms with Crippen LogP contribution >= 0.6 is 11.8 Å². The molecule has 3 fully saturated rings. The van der Waals surface area contributed by atoms with Gasteiger partial charge < -0.3 is 10.0 Å². The highest BCUT2D eigenvalue weighted by molar-refractivity contribution is 8.00. The van der Waals surface area contributed by atoms with Gasteiger partial charge in [-0.05, 0) is 31.6 Å². The summed E-state index contributed by atoms with van der Waals surface area (Å²) in [6.45, 7) is 0. The normalized spacial score (nSPS) is 34.1. The Hall–Kier alpha value is -0.710. The third kappa shape index (κ3) is 1.71. The van der Waals surface area contributed by atoms with Gasteiger partial charge in [-0.3, -0.25) is 4.79 Å². The second-order valence-corrected chi connectivity index (χ2v) is 6.08. The molecule has 1 N–H and O–H groups in total. The molecule has 0 bridgehead atoms. The van der Waals surface area contributed by atoms with Crippen LogP contribution in [-0.2, 0) is 9.59 Å². The Labute approximate surface area is 98.4 Å². The van der Waals surface area contributed by atoms with Gasteiger partial charge in [0.15, 0.2) is 0 Å². The summed E-state index contributed by atoms with van der Waals surface area (Å²) in [5.41, 5.74) is 0.